The summed E-state index contributed by atoms with van der Waals surface area (Å²) < 4.78 is 6.96. The SMILES string of the molecule is O=C(O)c1ccccc1-c1c2cc(Br)c(=O)cc-2oc2c(Br)c(O)c(Br)cc12. The van der Waals surface area contributed by atoms with E-state index in [4.69, 9.17) is 4.42 Å². The van der Waals surface area contributed by atoms with Crippen LogP contribution < -0.4 is 5.43 Å². The van der Waals surface area contributed by atoms with Gasteiger partial charge in [0.15, 0.2) is 11.0 Å². The van der Waals surface area contributed by atoms with Crippen molar-refractivity contribution in [1.29, 1.82) is 0 Å². The Morgan fingerprint density at radius 2 is 1.68 bits per heavy atom. The predicted octanol–water partition coefficient (Wildman–Crippen LogP) is 6.26. The van der Waals surface area contributed by atoms with Gasteiger partial charge >= 0.3 is 5.97 Å². The highest BCUT2D eigenvalue weighted by Crippen LogP contribution is 2.47. The molecule has 2 N–H and O–H groups in total. The third kappa shape index (κ3) is 2.96. The number of aromatic carboxylic acids is 1. The van der Waals surface area contributed by atoms with Gasteiger partial charge in [0.05, 0.1) is 14.5 Å². The first-order chi connectivity index (χ1) is 13.3. The zero-order valence-electron chi connectivity index (χ0n) is 13.8. The summed E-state index contributed by atoms with van der Waals surface area (Å²) >= 11 is 9.89. The second-order valence-corrected chi connectivity index (χ2v) is 8.51. The topological polar surface area (TPSA) is 87.7 Å². The molecule has 0 radical (unpaired) electrons. The monoisotopic (exact) mass is 566 g/mol. The quantitative estimate of drug-likeness (QED) is 0.279. The van der Waals surface area contributed by atoms with E-state index < -0.39 is 5.97 Å². The molecule has 0 fully saturated rings. The molecule has 0 saturated carbocycles. The standard InChI is InChI=1S/C20H9Br3O5/c21-12-5-10-15(7-14(12)24)28-19-11(6-13(22)18(25)17(19)23)16(10)8-3-1-2-4-9(8)20(26)27/h1-7,25H,(H,26,27). The molecular formula is C20H9Br3O5. The molecule has 1 aliphatic heterocycles. The van der Waals surface area contributed by atoms with Crippen LogP contribution in [0.1, 0.15) is 10.4 Å². The fraction of sp³-hybridized carbons (Fsp3) is 0. The Labute approximate surface area is 183 Å². The van der Waals surface area contributed by atoms with Crippen LogP contribution in [0.5, 0.6) is 5.75 Å². The number of rotatable bonds is 2. The fourth-order valence-electron chi connectivity index (χ4n) is 3.12. The molecule has 0 unspecified atom stereocenters. The van der Waals surface area contributed by atoms with E-state index in [9.17, 15) is 19.8 Å². The Morgan fingerprint density at radius 3 is 2.39 bits per heavy atom. The van der Waals surface area contributed by atoms with Crippen LogP contribution in [0.3, 0.4) is 0 Å². The second-order valence-electron chi connectivity index (χ2n) is 6.00. The van der Waals surface area contributed by atoms with Crippen LogP contribution in [0.15, 0.2) is 65.1 Å². The summed E-state index contributed by atoms with van der Waals surface area (Å²) in [5.74, 6) is -0.861. The number of halogens is 3. The van der Waals surface area contributed by atoms with E-state index in [1.54, 1.807) is 30.3 Å². The van der Waals surface area contributed by atoms with Gasteiger partial charge < -0.3 is 14.6 Å². The van der Waals surface area contributed by atoms with Gasteiger partial charge in [-0.25, -0.2) is 4.79 Å². The van der Waals surface area contributed by atoms with Crippen molar-refractivity contribution in [2.75, 3.05) is 0 Å². The minimum absolute atomic E-state index is 0.0625. The molecule has 1 heterocycles. The minimum Gasteiger partial charge on any atom is -0.505 e. The molecule has 2 aromatic carbocycles. The lowest BCUT2D eigenvalue weighted by Crippen LogP contribution is -2.05. The van der Waals surface area contributed by atoms with Gasteiger partial charge in [-0.1, -0.05) is 18.2 Å². The summed E-state index contributed by atoms with van der Waals surface area (Å²) in [4.78, 5) is 24.0. The van der Waals surface area contributed by atoms with Gasteiger partial charge in [-0.05, 0) is 71.6 Å². The van der Waals surface area contributed by atoms with Gasteiger partial charge in [-0.15, -0.1) is 0 Å². The summed E-state index contributed by atoms with van der Waals surface area (Å²) in [6, 6.07) is 11.2. The number of carboxylic acids is 1. The maximum absolute atomic E-state index is 12.1. The zero-order chi connectivity index (χ0) is 20.2. The lowest BCUT2D eigenvalue weighted by molar-refractivity contribution is 0.0697. The third-order valence-corrected chi connectivity index (χ3v) is 6.32. The molecule has 1 aliphatic carbocycles. The lowest BCUT2D eigenvalue weighted by Gasteiger charge is -2.18. The second kappa shape index (κ2) is 7.02. The van der Waals surface area contributed by atoms with Gasteiger partial charge in [0, 0.05) is 22.6 Å². The largest absolute Gasteiger partial charge is 0.505 e. The molecule has 0 spiro atoms. The van der Waals surface area contributed by atoms with E-state index in [1.165, 1.54) is 12.1 Å². The number of phenolic OH excluding ortho intramolecular Hbond substituents is 1. The smallest absolute Gasteiger partial charge is 0.336 e. The van der Waals surface area contributed by atoms with Crippen molar-refractivity contribution in [3.63, 3.8) is 0 Å². The molecule has 4 rings (SSSR count). The number of benzene rings is 3. The van der Waals surface area contributed by atoms with Crippen LogP contribution in [0, 0.1) is 0 Å². The molecule has 8 heteroatoms. The lowest BCUT2D eigenvalue weighted by atomic mass is 9.91. The molecule has 0 bridgehead atoms. The summed E-state index contributed by atoms with van der Waals surface area (Å²) in [5, 5.41) is 20.5. The Balaban J connectivity index is 2.31. The van der Waals surface area contributed by atoms with Crippen LogP contribution in [-0.4, -0.2) is 16.2 Å². The maximum atomic E-state index is 12.1. The van der Waals surface area contributed by atoms with Gasteiger partial charge in [-0.3, -0.25) is 4.79 Å². The van der Waals surface area contributed by atoms with Crippen molar-refractivity contribution >= 4 is 64.7 Å². The minimum atomic E-state index is -1.07. The average Bonchev–Trinajstić information content (AvgIpc) is 2.66. The number of hydrogen-bond donors (Lipinski definition) is 2. The van der Waals surface area contributed by atoms with E-state index in [-0.39, 0.29) is 22.5 Å². The van der Waals surface area contributed by atoms with E-state index in [1.807, 2.05) is 0 Å². The van der Waals surface area contributed by atoms with Gasteiger partial charge in [-0.2, -0.15) is 0 Å². The molecule has 2 aliphatic rings. The van der Waals surface area contributed by atoms with Crippen molar-refractivity contribution in [2.24, 2.45) is 0 Å². The summed E-state index contributed by atoms with van der Waals surface area (Å²) in [5.41, 5.74) is 1.75. The van der Waals surface area contributed by atoms with Gasteiger partial charge in [0.25, 0.3) is 0 Å². The molecule has 2 aromatic rings. The van der Waals surface area contributed by atoms with Crippen molar-refractivity contribution in [1.82, 2.24) is 0 Å². The van der Waals surface area contributed by atoms with E-state index in [0.29, 0.717) is 41.1 Å². The first-order valence-corrected chi connectivity index (χ1v) is 10.3. The molecule has 5 nitrogen and oxygen atoms in total. The van der Waals surface area contributed by atoms with Crippen molar-refractivity contribution in [3.8, 4) is 28.2 Å². The fourth-order valence-corrected chi connectivity index (χ4v) is 4.67. The van der Waals surface area contributed by atoms with E-state index >= 15 is 0 Å². The van der Waals surface area contributed by atoms with Crippen LogP contribution in [0.2, 0.25) is 0 Å². The molecule has 0 aromatic heterocycles. The van der Waals surface area contributed by atoms with Crippen molar-refractivity contribution in [2.45, 2.75) is 0 Å². The summed E-state index contributed by atoms with van der Waals surface area (Å²) in [7, 11) is 0. The van der Waals surface area contributed by atoms with Crippen LogP contribution in [-0.2, 0) is 0 Å². The highest BCUT2D eigenvalue weighted by molar-refractivity contribution is 9.11. The number of hydrogen-bond acceptors (Lipinski definition) is 4. The molecule has 28 heavy (non-hydrogen) atoms. The number of phenols is 1. The van der Waals surface area contributed by atoms with Crippen molar-refractivity contribution < 1.29 is 19.4 Å². The number of fused-ring (bicyclic) bond motifs is 2. The van der Waals surface area contributed by atoms with E-state index in [2.05, 4.69) is 47.8 Å². The first-order valence-electron chi connectivity index (χ1n) is 7.89. The van der Waals surface area contributed by atoms with Crippen molar-refractivity contribution in [3.05, 3.63) is 71.7 Å². The predicted molar refractivity (Wildman–Crippen MR) is 116 cm³/mol. The van der Waals surface area contributed by atoms with E-state index in [0.717, 1.165) is 0 Å². The molecule has 0 atom stereocenters. The van der Waals surface area contributed by atoms with Crippen LogP contribution in [0.25, 0.3) is 33.4 Å². The third-order valence-electron chi connectivity index (χ3n) is 4.36. The normalized spacial score (nSPS) is 11.2. The zero-order valence-corrected chi connectivity index (χ0v) is 18.6. The van der Waals surface area contributed by atoms with Crippen LogP contribution >= 0.6 is 47.8 Å². The van der Waals surface area contributed by atoms with Gasteiger partial charge in [0.1, 0.15) is 16.0 Å². The Hall–Kier alpha value is -2.16. The molecule has 0 amide bonds. The Bertz CT molecular complexity index is 1310. The summed E-state index contributed by atoms with van der Waals surface area (Å²) in [6.45, 7) is 0. The molecule has 0 saturated heterocycles. The van der Waals surface area contributed by atoms with Crippen LogP contribution in [0.4, 0.5) is 0 Å². The number of carboxylic acid groups (broad SMARTS) is 1. The number of aromatic hydroxyl groups is 1. The number of carbonyl (C=O) groups is 1. The molecule has 140 valence electrons. The average molecular weight is 569 g/mol. The summed E-state index contributed by atoms with van der Waals surface area (Å²) in [6.07, 6.45) is 0. The molecular weight excluding hydrogens is 560 g/mol. The highest BCUT2D eigenvalue weighted by Gasteiger charge is 2.24. The maximum Gasteiger partial charge on any atom is 0.336 e. The Morgan fingerprint density at radius 1 is 0.964 bits per heavy atom. The Kier molecular flexibility index (Phi) is 4.81. The van der Waals surface area contributed by atoms with Gasteiger partial charge in [0.2, 0.25) is 0 Å². The highest BCUT2D eigenvalue weighted by atomic mass is 79.9. The first kappa shape index (κ1) is 19.2.